The zero-order chi connectivity index (χ0) is 15.1. The minimum Gasteiger partial charge on any atom is -0.459 e. The molecule has 0 aliphatic carbocycles. The van der Waals surface area contributed by atoms with Crippen LogP contribution in [0.4, 0.5) is 11.4 Å². The van der Waals surface area contributed by atoms with Crippen molar-refractivity contribution in [2.75, 3.05) is 0 Å². The Morgan fingerprint density at radius 3 is 1.50 bits per heavy atom. The van der Waals surface area contributed by atoms with Crippen molar-refractivity contribution in [3.8, 4) is 0 Å². The van der Waals surface area contributed by atoms with Crippen LogP contribution in [0.25, 0.3) is 21.9 Å². The fraction of sp³-hybridized carbons (Fsp3) is 0.111. The third-order valence-corrected chi connectivity index (χ3v) is 3.73. The van der Waals surface area contributed by atoms with Gasteiger partial charge < -0.3 is 8.83 Å². The molecule has 0 saturated carbocycles. The number of fused-ring (bicyclic) bond motifs is 2. The largest absolute Gasteiger partial charge is 0.459 e. The predicted octanol–water partition coefficient (Wildman–Crippen LogP) is 6.21. The van der Waals surface area contributed by atoms with E-state index in [9.17, 15) is 0 Å². The standard InChI is InChI=1S/C18H14N2O2/c1-11-17(13-7-3-5-9-15(13)21-11)19-20-18-12(2)22-16-10-6-4-8-14(16)18/h3-10H,1-2H3/b20-19+. The molecule has 4 nitrogen and oxygen atoms in total. The van der Waals surface area contributed by atoms with Crippen LogP contribution in [-0.4, -0.2) is 0 Å². The van der Waals surface area contributed by atoms with Crippen molar-refractivity contribution in [3.05, 3.63) is 60.1 Å². The molecule has 22 heavy (non-hydrogen) atoms. The maximum Gasteiger partial charge on any atom is 0.136 e. The second kappa shape index (κ2) is 4.84. The molecule has 4 heteroatoms. The molecule has 2 aromatic heterocycles. The van der Waals surface area contributed by atoms with Gasteiger partial charge in [-0.25, -0.2) is 0 Å². The summed E-state index contributed by atoms with van der Waals surface area (Å²) in [6, 6.07) is 15.7. The normalized spacial score (nSPS) is 11.9. The maximum absolute atomic E-state index is 5.71. The quantitative estimate of drug-likeness (QED) is 0.412. The zero-order valence-electron chi connectivity index (χ0n) is 12.3. The first-order valence-corrected chi connectivity index (χ1v) is 7.12. The first-order chi connectivity index (χ1) is 10.7. The Bertz CT molecular complexity index is 926. The molecule has 0 spiro atoms. The Morgan fingerprint density at radius 1 is 0.636 bits per heavy atom. The fourth-order valence-electron chi connectivity index (χ4n) is 2.66. The van der Waals surface area contributed by atoms with Gasteiger partial charge in [-0.2, -0.15) is 0 Å². The Balaban J connectivity index is 1.86. The smallest absolute Gasteiger partial charge is 0.136 e. The SMILES string of the molecule is Cc1oc2ccccc2c1/N=N/c1c(C)oc2ccccc12. The number of rotatable bonds is 2. The van der Waals surface area contributed by atoms with Crippen molar-refractivity contribution in [2.45, 2.75) is 13.8 Å². The van der Waals surface area contributed by atoms with E-state index in [0.717, 1.165) is 44.8 Å². The topological polar surface area (TPSA) is 51.0 Å². The minimum absolute atomic E-state index is 0.760. The molecule has 0 radical (unpaired) electrons. The Morgan fingerprint density at radius 2 is 1.05 bits per heavy atom. The molecule has 0 aliphatic heterocycles. The molecular weight excluding hydrogens is 276 g/mol. The van der Waals surface area contributed by atoms with Gasteiger partial charge in [0.1, 0.15) is 34.1 Å². The molecule has 0 saturated heterocycles. The second-order valence-electron chi connectivity index (χ2n) is 5.21. The molecule has 0 N–H and O–H groups in total. The lowest BCUT2D eigenvalue weighted by Crippen LogP contribution is -1.67. The molecule has 0 unspecified atom stereocenters. The Labute approximate surface area is 127 Å². The summed E-state index contributed by atoms with van der Waals surface area (Å²) in [4.78, 5) is 0. The van der Waals surface area contributed by atoms with Gasteiger partial charge in [0.2, 0.25) is 0 Å². The van der Waals surface area contributed by atoms with Crippen LogP contribution < -0.4 is 0 Å². The van der Waals surface area contributed by atoms with E-state index in [1.165, 1.54) is 0 Å². The van der Waals surface area contributed by atoms with Crippen LogP contribution in [0.2, 0.25) is 0 Å². The summed E-state index contributed by atoms with van der Waals surface area (Å²) in [5, 5.41) is 10.8. The predicted molar refractivity (Wildman–Crippen MR) is 86.1 cm³/mol. The highest BCUT2D eigenvalue weighted by Gasteiger charge is 2.12. The first kappa shape index (κ1) is 12.8. The van der Waals surface area contributed by atoms with Crippen LogP contribution in [0.1, 0.15) is 11.5 Å². The summed E-state index contributed by atoms with van der Waals surface area (Å²) in [6.07, 6.45) is 0. The number of furan rings is 2. The van der Waals surface area contributed by atoms with Gasteiger partial charge in [0.05, 0.1) is 0 Å². The average molecular weight is 290 g/mol. The monoisotopic (exact) mass is 290 g/mol. The number of para-hydroxylation sites is 2. The van der Waals surface area contributed by atoms with E-state index in [4.69, 9.17) is 8.83 Å². The van der Waals surface area contributed by atoms with Crippen LogP contribution in [-0.2, 0) is 0 Å². The summed E-state index contributed by atoms with van der Waals surface area (Å²) in [5.74, 6) is 1.52. The van der Waals surface area contributed by atoms with Crippen LogP contribution in [0, 0.1) is 13.8 Å². The van der Waals surface area contributed by atoms with Gasteiger partial charge in [0.15, 0.2) is 0 Å². The van der Waals surface area contributed by atoms with Crippen LogP contribution in [0.3, 0.4) is 0 Å². The van der Waals surface area contributed by atoms with Crippen LogP contribution in [0.15, 0.2) is 67.6 Å². The molecule has 0 amide bonds. The van der Waals surface area contributed by atoms with E-state index in [1.54, 1.807) is 0 Å². The zero-order valence-corrected chi connectivity index (χ0v) is 12.3. The molecule has 0 fully saturated rings. The van der Waals surface area contributed by atoms with Crippen LogP contribution >= 0.6 is 0 Å². The van der Waals surface area contributed by atoms with Crippen molar-refractivity contribution < 1.29 is 8.83 Å². The van der Waals surface area contributed by atoms with Crippen molar-refractivity contribution >= 4 is 33.3 Å². The molecular formula is C18H14N2O2. The highest BCUT2D eigenvalue weighted by molar-refractivity contribution is 5.92. The molecule has 0 atom stereocenters. The summed E-state index contributed by atoms with van der Waals surface area (Å²) in [7, 11) is 0. The number of azo groups is 1. The highest BCUT2D eigenvalue weighted by Crippen LogP contribution is 2.37. The lowest BCUT2D eigenvalue weighted by atomic mass is 10.2. The molecule has 2 aromatic carbocycles. The Kier molecular flexibility index (Phi) is 2.82. The van der Waals surface area contributed by atoms with Gasteiger partial charge in [-0.05, 0) is 38.1 Å². The molecule has 108 valence electrons. The third kappa shape index (κ3) is 1.92. The lowest BCUT2D eigenvalue weighted by molar-refractivity contribution is 0.577. The average Bonchev–Trinajstić information content (AvgIpc) is 3.01. The van der Waals surface area contributed by atoms with Crippen molar-refractivity contribution in [2.24, 2.45) is 10.2 Å². The van der Waals surface area contributed by atoms with Gasteiger partial charge in [0, 0.05) is 10.8 Å². The van der Waals surface area contributed by atoms with Gasteiger partial charge >= 0.3 is 0 Å². The third-order valence-electron chi connectivity index (χ3n) is 3.73. The van der Waals surface area contributed by atoms with Crippen molar-refractivity contribution in [1.29, 1.82) is 0 Å². The number of benzene rings is 2. The molecule has 0 aliphatic rings. The number of hydrogen-bond acceptors (Lipinski definition) is 4. The molecule has 2 heterocycles. The summed E-state index contributed by atoms with van der Waals surface area (Å²) in [6.45, 7) is 3.80. The van der Waals surface area contributed by atoms with Crippen molar-refractivity contribution in [1.82, 2.24) is 0 Å². The minimum atomic E-state index is 0.760. The summed E-state index contributed by atoms with van der Waals surface area (Å²) < 4.78 is 11.4. The van der Waals surface area contributed by atoms with Gasteiger partial charge in [-0.3, -0.25) is 0 Å². The second-order valence-corrected chi connectivity index (χ2v) is 5.21. The van der Waals surface area contributed by atoms with Crippen LogP contribution in [0.5, 0.6) is 0 Å². The lowest BCUT2D eigenvalue weighted by Gasteiger charge is -1.92. The highest BCUT2D eigenvalue weighted by atomic mass is 16.3. The molecule has 0 bridgehead atoms. The number of aryl methyl sites for hydroxylation is 2. The van der Waals surface area contributed by atoms with E-state index in [0.29, 0.717) is 0 Å². The fourth-order valence-corrected chi connectivity index (χ4v) is 2.66. The van der Waals surface area contributed by atoms with Gasteiger partial charge in [-0.15, -0.1) is 10.2 Å². The summed E-state index contributed by atoms with van der Waals surface area (Å²) in [5.41, 5.74) is 3.17. The first-order valence-electron chi connectivity index (χ1n) is 7.12. The molecule has 4 aromatic rings. The van der Waals surface area contributed by atoms with E-state index in [-0.39, 0.29) is 0 Å². The maximum atomic E-state index is 5.71. The number of hydrogen-bond donors (Lipinski definition) is 0. The van der Waals surface area contributed by atoms with Gasteiger partial charge in [-0.1, -0.05) is 24.3 Å². The van der Waals surface area contributed by atoms with Crippen molar-refractivity contribution in [3.63, 3.8) is 0 Å². The van der Waals surface area contributed by atoms with Gasteiger partial charge in [0.25, 0.3) is 0 Å². The van der Waals surface area contributed by atoms with E-state index >= 15 is 0 Å². The van der Waals surface area contributed by atoms with E-state index < -0.39 is 0 Å². The van der Waals surface area contributed by atoms with E-state index in [2.05, 4.69) is 10.2 Å². The summed E-state index contributed by atoms with van der Waals surface area (Å²) >= 11 is 0. The van der Waals surface area contributed by atoms with E-state index in [1.807, 2.05) is 62.4 Å². The number of nitrogens with zero attached hydrogens (tertiary/aromatic N) is 2. The Hall–Kier alpha value is -2.88. The molecule has 4 rings (SSSR count).